The van der Waals surface area contributed by atoms with E-state index in [2.05, 4.69) is 6.07 Å². The summed E-state index contributed by atoms with van der Waals surface area (Å²) in [6.45, 7) is 3.90. The largest absolute Gasteiger partial charge is 0.416 e. The predicted octanol–water partition coefficient (Wildman–Crippen LogP) is 4.75. The average molecular weight is 255 g/mol. The quantitative estimate of drug-likeness (QED) is 0.761. The molecule has 1 atom stereocenters. The first-order valence-corrected chi connectivity index (χ1v) is 6.00. The highest BCUT2D eigenvalue weighted by Gasteiger charge is 2.31. The molecular formula is C14H16F3N. The van der Waals surface area contributed by atoms with Gasteiger partial charge in [0.15, 0.2) is 0 Å². The van der Waals surface area contributed by atoms with Gasteiger partial charge < -0.3 is 0 Å². The zero-order chi connectivity index (χ0) is 13.8. The van der Waals surface area contributed by atoms with Crippen LogP contribution in [0.5, 0.6) is 0 Å². The summed E-state index contributed by atoms with van der Waals surface area (Å²) in [5, 5.41) is 9.17. The lowest BCUT2D eigenvalue weighted by Gasteiger charge is -2.20. The van der Waals surface area contributed by atoms with Crippen LogP contribution in [0.2, 0.25) is 0 Å². The lowest BCUT2D eigenvalue weighted by atomic mass is 9.83. The van der Waals surface area contributed by atoms with E-state index in [0.717, 1.165) is 25.0 Å². The number of nitrogens with zero attached hydrogens (tertiary/aromatic N) is 1. The number of nitriles is 1. The molecule has 18 heavy (non-hydrogen) atoms. The van der Waals surface area contributed by atoms with Crippen molar-refractivity contribution in [1.82, 2.24) is 0 Å². The molecule has 98 valence electrons. The van der Waals surface area contributed by atoms with Crippen molar-refractivity contribution in [2.75, 3.05) is 0 Å². The second-order valence-electron chi connectivity index (χ2n) is 4.31. The number of hydrogen-bond acceptors (Lipinski definition) is 1. The molecular weight excluding hydrogens is 239 g/mol. The van der Waals surface area contributed by atoms with Crippen molar-refractivity contribution < 1.29 is 13.2 Å². The van der Waals surface area contributed by atoms with Crippen LogP contribution in [0.25, 0.3) is 0 Å². The van der Waals surface area contributed by atoms with Gasteiger partial charge in [-0.3, -0.25) is 0 Å². The molecule has 0 bridgehead atoms. The van der Waals surface area contributed by atoms with Crippen molar-refractivity contribution in [1.29, 1.82) is 5.26 Å². The van der Waals surface area contributed by atoms with E-state index in [9.17, 15) is 18.4 Å². The van der Waals surface area contributed by atoms with E-state index in [1.807, 2.05) is 13.8 Å². The van der Waals surface area contributed by atoms with Crippen LogP contribution >= 0.6 is 0 Å². The summed E-state index contributed by atoms with van der Waals surface area (Å²) in [5.41, 5.74) is -0.229. The summed E-state index contributed by atoms with van der Waals surface area (Å²) in [7, 11) is 0. The zero-order valence-electron chi connectivity index (χ0n) is 10.5. The Labute approximate surface area is 105 Å². The molecule has 0 N–H and O–H groups in total. The smallest absolute Gasteiger partial charge is 0.198 e. The third-order valence-electron chi connectivity index (χ3n) is 3.23. The van der Waals surface area contributed by atoms with Crippen molar-refractivity contribution in [3.8, 4) is 6.07 Å². The van der Waals surface area contributed by atoms with E-state index in [-0.39, 0.29) is 5.92 Å². The SMILES string of the molecule is CCC(CC)C(C#N)c1cccc(C(F)(F)F)c1. The van der Waals surface area contributed by atoms with Gasteiger partial charge in [0.1, 0.15) is 0 Å². The topological polar surface area (TPSA) is 23.8 Å². The Hall–Kier alpha value is -1.50. The van der Waals surface area contributed by atoms with Crippen LogP contribution in [0, 0.1) is 17.2 Å². The van der Waals surface area contributed by atoms with E-state index in [0.29, 0.717) is 5.56 Å². The monoisotopic (exact) mass is 255 g/mol. The molecule has 1 aromatic rings. The number of halogens is 3. The Morgan fingerprint density at radius 1 is 1.22 bits per heavy atom. The highest BCUT2D eigenvalue weighted by molar-refractivity contribution is 5.31. The summed E-state index contributed by atoms with van der Waals surface area (Å²) < 4.78 is 37.9. The van der Waals surface area contributed by atoms with Crippen molar-refractivity contribution in [2.45, 2.75) is 38.8 Å². The van der Waals surface area contributed by atoms with Gasteiger partial charge >= 0.3 is 6.18 Å². The first-order valence-electron chi connectivity index (χ1n) is 6.00. The molecule has 0 spiro atoms. The van der Waals surface area contributed by atoms with Crippen molar-refractivity contribution in [3.63, 3.8) is 0 Å². The molecule has 0 saturated carbocycles. The lowest BCUT2D eigenvalue weighted by molar-refractivity contribution is -0.137. The Bertz CT molecular complexity index is 427. The van der Waals surface area contributed by atoms with Gasteiger partial charge in [-0.2, -0.15) is 18.4 Å². The van der Waals surface area contributed by atoms with Gasteiger partial charge in [-0.15, -0.1) is 0 Å². The van der Waals surface area contributed by atoms with Crippen LogP contribution in [0.3, 0.4) is 0 Å². The van der Waals surface area contributed by atoms with Crippen LogP contribution < -0.4 is 0 Å². The van der Waals surface area contributed by atoms with Gasteiger partial charge in [-0.05, 0) is 17.5 Å². The third kappa shape index (κ3) is 3.25. The fourth-order valence-corrected chi connectivity index (χ4v) is 2.12. The molecule has 1 nitrogen and oxygen atoms in total. The van der Waals surface area contributed by atoms with Crippen LogP contribution in [-0.4, -0.2) is 0 Å². The maximum absolute atomic E-state index is 12.6. The zero-order valence-corrected chi connectivity index (χ0v) is 10.5. The molecule has 4 heteroatoms. The number of benzene rings is 1. The standard InChI is InChI=1S/C14H16F3N/c1-3-10(4-2)13(9-18)11-6-5-7-12(8-11)14(15,16)17/h5-8,10,13H,3-4H2,1-2H3. The van der Waals surface area contributed by atoms with Crippen LogP contribution in [-0.2, 0) is 6.18 Å². The second-order valence-corrected chi connectivity index (χ2v) is 4.31. The first-order chi connectivity index (χ1) is 8.43. The van der Waals surface area contributed by atoms with Gasteiger partial charge in [0.25, 0.3) is 0 Å². The summed E-state index contributed by atoms with van der Waals surface area (Å²) in [5.74, 6) is -0.374. The maximum atomic E-state index is 12.6. The average Bonchev–Trinajstić information content (AvgIpc) is 2.35. The van der Waals surface area contributed by atoms with Gasteiger partial charge in [0.2, 0.25) is 0 Å². The van der Waals surface area contributed by atoms with E-state index in [1.165, 1.54) is 6.07 Å². The number of alkyl halides is 3. The Morgan fingerprint density at radius 3 is 2.28 bits per heavy atom. The van der Waals surface area contributed by atoms with Crippen molar-refractivity contribution >= 4 is 0 Å². The Balaban J connectivity index is 3.12. The highest BCUT2D eigenvalue weighted by Crippen LogP contribution is 2.34. The van der Waals surface area contributed by atoms with Gasteiger partial charge in [-0.1, -0.05) is 44.9 Å². The molecule has 0 aliphatic carbocycles. The maximum Gasteiger partial charge on any atom is 0.416 e. The highest BCUT2D eigenvalue weighted by atomic mass is 19.4. The van der Waals surface area contributed by atoms with Crippen LogP contribution in [0.1, 0.15) is 43.7 Å². The Morgan fingerprint density at radius 2 is 1.83 bits per heavy atom. The third-order valence-corrected chi connectivity index (χ3v) is 3.23. The van der Waals surface area contributed by atoms with E-state index in [4.69, 9.17) is 0 Å². The molecule has 0 amide bonds. The fourth-order valence-electron chi connectivity index (χ4n) is 2.12. The summed E-state index contributed by atoms with van der Waals surface area (Å²) in [4.78, 5) is 0. The Kier molecular flexibility index (Phi) is 4.77. The van der Waals surface area contributed by atoms with Crippen molar-refractivity contribution in [3.05, 3.63) is 35.4 Å². The normalized spacial score (nSPS) is 13.4. The van der Waals surface area contributed by atoms with Gasteiger partial charge in [0, 0.05) is 0 Å². The second kappa shape index (κ2) is 5.90. The predicted molar refractivity (Wildman–Crippen MR) is 63.9 cm³/mol. The van der Waals surface area contributed by atoms with Gasteiger partial charge in [0.05, 0.1) is 17.6 Å². The lowest BCUT2D eigenvalue weighted by Crippen LogP contribution is -2.12. The molecule has 0 fully saturated rings. The molecule has 1 aromatic carbocycles. The molecule has 0 aliphatic rings. The first kappa shape index (κ1) is 14.6. The molecule has 0 aliphatic heterocycles. The van der Waals surface area contributed by atoms with E-state index < -0.39 is 17.7 Å². The van der Waals surface area contributed by atoms with E-state index in [1.54, 1.807) is 6.07 Å². The number of rotatable bonds is 4. The molecule has 0 heterocycles. The molecule has 1 rings (SSSR count). The fraction of sp³-hybridized carbons (Fsp3) is 0.500. The van der Waals surface area contributed by atoms with Crippen LogP contribution in [0.15, 0.2) is 24.3 Å². The molecule has 0 aromatic heterocycles. The minimum atomic E-state index is -4.36. The molecule has 0 radical (unpaired) electrons. The molecule has 1 unspecified atom stereocenters. The summed E-state index contributed by atoms with van der Waals surface area (Å²) in [6.07, 6.45) is -2.79. The summed E-state index contributed by atoms with van der Waals surface area (Å²) in [6, 6.07) is 7.22. The van der Waals surface area contributed by atoms with Crippen LogP contribution in [0.4, 0.5) is 13.2 Å². The van der Waals surface area contributed by atoms with Gasteiger partial charge in [-0.25, -0.2) is 0 Å². The van der Waals surface area contributed by atoms with E-state index >= 15 is 0 Å². The minimum Gasteiger partial charge on any atom is -0.198 e. The number of hydrogen-bond donors (Lipinski definition) is 0. The van der Waals surface area contributed by atoms with Crippen molar-refractivity contribution in [2.24, 2.45) is 5.92 Å². The summed E-state index contributed by atoms with van der Waals surface area (Å²) >= 11 is 0. The minimum absolute atomic E-state index is 0.0958. The molecule has 0 saturated heterocycles.